The summed E-state index contributed by atoms with van der Waals surface area (Å²) in [5.41, 5.74) is 2.35. The molecule has 0 fully saturated rings. The molecule has 3 aromatic rings. The van der Waals surface area contributed by atoms with Crippen LogP contribution in [0.1, 0.15) is 31.0 Å². The van der Waals surface area contributed by atoms with Crippen molar-refractivity contribution in [2.45, 2.75) is 26.3 Å². The first kappa shape index (κ1) is 19.4. The summed E-state index contributed by atoms with van der Waals surface area (Å²) in [4.78, 5) is 16.3. The van der Waals surface area contributed by atoms with Gasteiger partial charge in [-0.2, -0.15) is 0 Å². The van der Waals surface area contributed by atoms with E-state index in [1.807, 2.05) is 31.2 Å². The van der Waals surface area contributed by atoms with Crippen LogP contribution >= 0.6 is 0 Å². The van der Waals surface area contributed by atoms with E-state index in [-0.39, 0.29) is 18.6 Å². The van der Waals surface area contributed by atoms with Crippen LogP contribution in [0.4, 0.5) is 0 Å². The third kappa shape index (κ3) is 5.58. The van der Waals surface area contributed by atoms with Gasteiger partial charge in [0.1, 0.15) is 11.5 Å². The van der Waals surface area contributed by atoms with E-state index in [4.69, 9.17) is 9.47 Å². The lowest BCUT2D eigenvalue weighted by Gasteiger charge is -2.15. The molecule has 28 heavy (non-hydrogen) atoms. The summed E-state index contributed by atoms with van der Waals surface area (Å²) < 4.78 is 11.2. The molecule has 0 spiro atoms. The van der Waals surface area contributed by atoms with E-state index in [1.54, 1.807) is 36.5 Å². The fraction of sp³-hybridized carbons (Fsp3) is 0.217. The van der Waals surface area contributed by atoms with Gasteiger partial charge in [0.05, 0.1) is 6.04 Å². The number of nitrogens with zero attached hydrogens (tertiary/aromatic N) is 1. The minimum Gasteiger partial charge on any atom is -0.484 e. The normalized spacial score (nSPS) is 11.5. The van der Waals surface area contributed by atoms with Gasteiger partial charge in [-0.3, -0.25) is 4.79 Å². The van der Waals surface area contributed by atoms with Crippen molar-refractivity contribution in [1.29, 1.82) is 0 Å². The number of hydrogen-bond acceptors (Lipinski definition) is 4. The number of aryl methyl sites for hydroxylation is 1. The first-order valence-corrected chi connectivity index (χ1v) is 9.34. The van der Waals surface area contributed by atoms with Crippen LogP contribution in [-0.4, -0.2) is 17.5 Å². The molecular weight excluding hydrogens is 352 g/mol. The number of carbonyl (C=O) groups is 1. The van der Waals surface area contributed by atoms with Crippen molar-refractivity contribution in [2.24, 2.45) is 0 Å². The monoisotopic (exact) mass is 376 g/mol. The highest BCUT2D eigenvalue weighted by Gasteiger charge is 2.10. The zero-order chi connectivity index (χ0) is 19.8. The highest BCUT2D eigenvalue weighted by molar-refractivity contribution is 5.78. The molecule has 1 unspecified atom stereocenters. The predicted molar refractivity (Wildman–Crippen MR) is 109 cm³/mol. The van der Waals surface area contributed by atoms with E-state index < -0.39 is 0 Å². The first-order valence-electron chi connectivity index (χ1n) is 9.34. The Kier molecular flexibility index (Phi) is 6.63. The molecule has 0 radical (unpaired) electrons. The van der Waals surface area contributed by atoms with E-state index in [0.29, 0.717) is 17.4 Å². The molecule has 1 N–H and O–H groups in total. The highest BCUT2D eigenvalue weighted by atomic mass is 16.5. The minimum atomic E-state index is -0.166. The standard InChI is InChI=1S/C23H24N2O3/c1-3-18-7-9-19(10-8-18)17(2)25-22(26)16-27-20-11-13-21(14-12-20)28-23-6-4-5-15-24-23/h4-15,17H,3,16H2,1-2H3,(H,25,26). The maximum absolute atomic E-state index is 12.2. The van der Waals surface area contributed by atoms with Gasteiger partial charge in [-0.25, -0.2) is 4.98 Å². The Morgan fingerprint density at radius 1 is 1.00 bits per heavy atom. The maximum Gasteiger partial charge on any atom is 0.258 e. The van der Waals surface area contributed by atoms with Gasteiger partial charge >= 0.3 is 0 Å². The van der Waals surface area contributed by atoms with Gasteiger partial charge in [-0.05, 0) is 54.8 Å². The lowest BCUT2D eigenvalue weighted by Crippen LogP contribution is -2.31. The lowest BCUT2D eigenvalue weighted by atomic mass is 10.1. The number of carbonyl (C=O) groups excluding carboxylic acids is 1. The predicted octanol–water partition coefficient (Wildman–Crippen LogP) is 4.69. The zero-order valence-corrected chi connectivity index (χ0v) is 16.1. The number of nitrogens with one attached hydrogen (secondary N) is 1. The Hall–Kier alpha value is -3.34. The molecule has 1 heterocycles. The van der Waals surface area contributed by atoms with Gasteiger partial charge in [0.25, 0.3) is 5.91 Å². The molecule has 1 amide bonds. The molecule has 5 nitrogen and oxygen atoms in total. The Morgan fingerprint density at radius 3 is 2.36 bits per heavy atom. The third-order valence-electron chi connectivity index (χ3n) is 4.32. The van der Waals surface area contributed by atoms with Crippen molar-refractivity contribution in [2.75, 3.05) is 6.61 Å². The van der Waals surface area contributed by atoms with E-state index in [2.05, 4.69) is 29.4 Å². The largest absolute Gasteiger partial charge is 0.484 e. The highest BCUT2D eigenvalue weighted by Crippen LogP contribution is 2.22. The number of ether oxygens (including phenoxy) is 2. The van der Waals surface area contributed by atoms with Gasteiger partial charge in [-0.15, -0.1) is 0 Å². The van der Waals surface area contributed by atoms with E-state index >= 15 is 0 Å². The Balaban J connectivity index is 1.47. The summed E-state index contributed by atoms with van der Waals surface area (Å²) >= 11 is 0. The van der Waals surface area contributed by atoms with E-state index in [0.717, 1.165) is 12.0 Å². The summed E-state index contributed by atoms with van der Waals surface area (Å²) in [5.74, 6) is 1.61. The molecule has 144 valence electrons. The molecule has 0 aliphatic rings. The summed E-state index contributed by atoms with van der Waals surface area (Å²) in [6.45, 7) is 4.04. The molecule has 0 saturated carbocycles. The Bertz CT molecular complexity index is 878. The number of hydrogen-bond donors (Lipinski definition) is 1. The molecule has 1 atom stereocenters. The summed E-state index contributed by atoms with van der Waals surface area (Å²) in [5, 5.41) is 2.95. The Labute approximate surface area is 165 Å². The van der Waals surface area contributed by atoms with Crippen LogP contribution in [0.25, 0.3) is 0 Å². The molecule has 5 heteroatoms. The lowest BCUT2D eigenvalue weighted by molar-refractivity contribution is -0.123. The Morgan fingerprint density at radius 2 is 1.71 bits per heavy atom. The minimum absolute atomic E-state index is 0.0438. The van der Waals surface area contributed by atoms with Crippen molar-refractivity contribution < 1.29 is 14.3 Å². The second kappa shape index (κ2) is 9.55. The SMILES string of the molecule is CCc1ccc(C(C)NC(=O)COc2ccc(Oc3ccccn3)cc2)cc1. The molecular formula is C23H24N2O3. The van der Waals surface area contributed by atoms with Crippen molar-refractivity contribution in [3.05, 3.63) is 84.1 Å². The number of aromatic nitrogens is 1. The van der Waals surface area contributed by atoms with Crippen LogP contribution < -0.4 is 14.8 Å². The quantitative estimate of drug-likeness (QED) is 0.619. The second-order valence-electron chi connectivity index (χ2n) is 6.41. The number of amides is 1. The second-order valence-corrected chi connectivity index (χ2v) is 6.41. The average Bonchev–Trinajstić information content (AvgIpc) is 2.74. The van der Waals surface area contributed by atoms with Crippen molar-refractivity contribution in [3.8, 4) is 17.4 Å². The first-order chi connectivity index (χ1) is 13.6. The molecule has 0 aliphatic heterocycles. The summed E-state index contributed by atoms with van der Waals surface area (Å²) in [6, 6.07) is 20.7. The number of benzene rings is 2. The summed E-state index contributed by atoms with van der Waals surface area (Å²) in [6.07, 6.45) is 2.67. The van der Waals surface area contributed by atoms with Crippen LogP contribution in [0.3, 0.4) is 0 Å². The molecule has 2 aromatic carbocycles. The van der Waals surface area contributed by atoms with Gasteiger partial charge in [0.15, 0.2) is 6.61 Å². The number of pyridine rings is 1. The van der Waals surface area contributed by atoms with E-state index in [1.165, 1.54) is 5.56 Å². The molecule has 0 bridgehead atoms. The van der Waals surface area contributed by atoms with Gasteiger partial charge in [0, 0.05) is 12.3 Å². The fourth-order valence-electron chi connectivity index (χ4n) is 2.69. The molecule has 0 aliphatic carbocycles. The maximum atomic E-state index is 12.2. The molecule has 1 aromatic heterocycles. The smallest absolute Gasteiger partial charge is 0.258 e. The molecule has 0 saturated heterocycles. The van der Waals surface area contributed by atoms with Crippen molar-refractivity contribution >= 4 is 5.91 Å². The van der Waals surface area contributed by atoms with Crippen LogP contribution in [-0.2, 0) is 11.2 Å². The zero-order valence-electron chi connectivity index (χ0n) is 16.1. The van der Waals surface area contributed by atoms with Crippen molar-refractivity contribution in [1.82, 2.24) is 10.3 Å². The topological polar surface area (TPSA) is 60.5 Å². The fourth-order valence-corrected chi connectivity index (χ4v) is 2.69. The van der Waals surface area contributed by atoms with E-state index in [9.17, 15) is 4.79 Å². The van der Waals surface area contributed by atoms with Gasteiger partial charge in [-0.1, -0.05) is 37.3 Å². The van der Waals surface area contributed by atoms with Crippen LogP contribution in [0, 0.1) is 0 Å². The van der Waals surface area contributed by atoms with Crippen LogP contribution in [0.15, 0.2) is 72.9 Å². The van der Waals surface area contributed by atoms with Crippen molar-refractivity contribution in [3.63, 3.8) is 0 Å². The van der Waals surface area contributed by atoms with Gasteiger partial charge < -0.3 is 14.8 Å². The van der Waals surface area contributed by atoms with Crippen LogP contribution in [0.5, 0.6) is 17.4 Å². The van der Waals surface area contributed by atoms with Gasteiger partial charge in [0.2, 0.25) is 5.88 Å². The third-order valence-corrected chi connectivity index (χ3v) is 4.32. The number of rotatable bonds is 8. The van der Waals surface area contributed by atoms with Crippen LogP contribution in [0.2, 0.25) is 0 Å². The molecule has 3 rings (SSSR count). The average molecular weight is 376 g/mol. The summed E-state index contributed by atoms with van der Waals surface area (Å²) in [7, 11) is 0.